The van der Waals surface area contributed by atoms with Crippen LogP contribution in [-0.4, -0.2) is 25.9 Å². The molecule has 5 aromatic carbocycles. The number of hydrogen-bond acceptors (Lipinski definition) is 7. The molecular weight excluding hydrogens is 616 g/mol. The van der Waals surface area contributed by atoms with Crippen LogP contribution in [0.5, 0.6) is 5.75 Å². The first kappa shape index (κ1) is 31.3. The molecule has 1 aliphatic rings. The van der Waals surface area contributed by atoms with E-state index in [9.17, 15) is 23.3 Å². The zero-order valence-electron chi connectivity index (χ0n) is 25.7. The molecule has 0 aliphatic carbocycles. The Balaban J connectivity index is 1.53. The Kier molecular flexibility index (Phi) is 8.64. The van der Waals surface area contributed by atoms with Gasteiger partial charge in [-0.05, 0) is 74.0 Å². The number of hydrogen-bond donors (Lipinski definition) is 1. The molecule has 0 aromatic heterocycles. The largest absolute Gasteiger partial charge is 0.494 e. The van der Waals surface area contributed by atoms with Crippen LogP contribution in [0.2, 0.25) is 0 Å². The van der Waals surface area contributed by atoms with Crippen LogP contribution >= 0.6 is 0 Å². The van der Waals surface area contributed by atoms with Gasteiger partial charge in [-0.1, -0.05) is 60.2 Å². The summed E-state index contributed by atoms with van der Waals surface area (Å²) in [5.74, 6) is 0.155. The summed E-state index contributed by atoms with van der Waals surface area (Å²) >= 11 is 0. The van der Waals surface area contributed by atoms with Gasteiger partial charge in [-0.15, -0.1) is 0 Å². The lowest BCUT2D eigenvalue weighted by molar-refractivity contribution is -0.384. The third kappa shape index (κ3) is 6.52. The number of nitrogens with one attached hydrogen (secondary N) is 1. The number of sulfonamides is 1. The number of nitro benzene ring substituents is 1. The Morgan fingerprint density at radius 1 is 0.872 bits per heavy atom. The lowest BCUT2D eigenvalue weighted by Crippen LogP contribution is -2.49. The van der Waals surface area contributed by atoms with Crippen molar-refractivity contribution in [3.05, 3.63) is 154 Å². The first-order chi connectivity index (χ1) is 22.6. The second-order valence-electron chi connectivity index (χ2n) is 11.1. The molecule has 1 heterocycles. The molecular formula is C36H32N4O6S. The van der Waals surface area contributed by atoms with E-state index >= 15 is 0 Å². The second kappa shape index (κ2) is 13.0. The highest BCUT2D eigenvalue weighted by atomic mass is 32.2. The van der Waals surface area contributed by atoms with E-state index in [1.54, 1.807) is 71.6 Å². The van der Waals surface area contributed by atoms with Crippen LogP contribution < -0.4 is 19.3 Å². The van der Waals surface area contributed by atoms with Crippen LogP contribution in [0.25, 0.3) is 0 Å². The van der Waals surface area contributed by atoms with Gasteiger partial charge < -0.3 is 9.64 Å². The first-order valence-corrected chi connectivity index (χ1v) is 16.5. The van der Waals surface area contributed by atoms with Gasteiger partial charge in [0.05, 0.1) is 27.7 Å². The SMILES string of the molecule is CCOc1ccc(N2C(=O)c3cc(S(=O)(=O)Nc4ccc(C)cc4)ccc3N(Cc3ccccc3)[C@@H]2c2cccc([N+](=O)[O-])c2)cc1. The van der Waals surface area contributed by atoms with Crippen LogP contribution in [0.15, 0.2) is 126 Å². The van der Waals surface area contributed by atoms with Crippen molar-refractivity contribution in [1.82, 2.24) is 0 Å². The van der Waals surface area contributed by atoms with Gasteiger partial charge in [-0.3, -0.25) is 24.5 Å². The van der Waals surface area contributed by atoms with Gasteiger partial charge in [0.2, 0.25) is 0 Å². The van der Waals surface area contributed by atoms with Crippen molar-refractivity contribution in [3.8, 4) is 5.75 Å². The normalized spacial score (nSPS) is 14.4. The lowest BCUT2D eigenvalue weighted by Gasteiger charge is -2.46. The van der Waals surface area contributed by atoms with Crippen molar-refractivity contribution >= 4 is 38.7 Å². The number of amides is 1. The molecule has 10 nitrogen and oxygen atoms in total. The molecule has 0 fully saturated rings. The summed E-state index contributed by atoms with van der Waals surface area (Å²) in [5, 5.41) is 11.8. The molecule has 47 heavy (non-hydrogen) atoms. The Hall–Kier alpha value is -5.68. The van der Waals surface area contributed by atoms with Gasteiger partial charge in [0, 0.05) is 35.6 Å². The summed E-state index contributed by atoms with van der Waals surface area (Å²) in [7, 11) is -4.07. The molecule has 1 N–H and O–H groups in total. The molecule has 0 radical (unpaired) electrons. The summed E-state index contributed by atoms with van der Waals surface area (Å²) in [6.45, 7) is 4.56. The van der Waals surface area contributed by atoms with Crippen molar-refractivity contribution in [3.63, 3.8) is 0 Å². The number of benzene rings is 5. The molecule has 0 bridgehead atoms. The standard InChI is InChI=1S/C36H32N4O6S/c1-3-46-31-18-16-29(17-19-31)39-35(27-10-7-11-30(22-27)40(42)43)38(24-26-8-5-4-6-9-26)34-21-20-32(23-33(34)36(39)41)47(44,45)37-28-14-12-25(2)13-15-28/h4-23,35,37H,3,24H2,1-2H3/t35-/m0/s1. The maximum Gasteiger partial charge on any atom is 0.269 e. The third-order valence-corrected chi connectivity index (χ3v) is 9.26. The van der Waals surface area contributed by atoms with Crippen LogP contribution in [-0.2, 0) is 16.6 Å². The number of non-ortho nitro benzene ring substituents is 1. The van der Waals surface area contributed by atoms with Gasteiger partial charge in [0.25, 0.3) is 21.6 Å². The Morgan fingerprint density at radius 2 is 1.60 bits per heavy atom. The van der Waals surface area contributed by atoms with E-state index in [2.05, 4.69) is 4.72 Å². The van der Waals surface area contributed by atoms with Gasteiger partial charge in [0.1, 0.15) is 11.9 Å². The first-order valence-electron chi connectivity index (χ1n) is 15.0. The molecule has 6 rings (SSSR count). The monoisotopic (exact) mass is 648 g/mol. The summed E-state index contributed by atoms with van der Waals surface area (Å²) < 4.78 is 35.4. The number of nitrogens with zero attached hydrogens (tertiary/aromatic N) is 3. The van der Waals surface area contributed by atoms with Crippen LogP contribution in [0.4, 0.5) is 22.7 Å². The summed E-state index contributed by atoms with van der Waals surface area (Å²) in [6, 6.07) is 34.3. The Bertz CT molecular complexity index is 2040. The summed E-state index contributed by atoms with van der Waals surface area (Å²) in [5.41, 5.74) is 3.87. The van der Waals surface area contributed by atoms with E-state index in [0.717, 1.165) is 11.1 Å². The van der Waals surface area contributed by atoms with Crippen molar-refractivity contribution in [2.24, 2.45) is 0 Å². The average molecular weight is 649 g/mol. The molecule has 0 saturated carbocycles. The summed E-state index contributed by atoms with van der Waals surface area (Å²) in [4.78, 5) is 29.4. The molecule has 1 aliphatic heterocycles. The van der Waals surface area contributed by atoms with Crippen LogP contribution in [0.1, 0.15) is 40.1 Å². The highest BCUT2D eigenvalue weighted by Crippen LogP contribution is 2.44. The Labute approximate surface area is 273 Å². The molecule has 1 amide bonds. The third-order valence-electron chi connectivity index (χ3n) is 7.88. The number of carbonyl (C=O) groups is 1. The zero-order valence-corrected chi connectivity index (χ0v) is 26.6. The fourth-order valence-electron chi connectivity index (χ4n) is 5.66. The molecule has 0 unspecified atom stereocenters. The van der Waals surface area contributed by atoms with Gasteiger partial charge in [-0.25, -0.2) is 8.42 Å². The number of anilines is 3. The number of carbonyl (C=O) groups excluding carboxylic acids is 1. The highest BCUT2D eigenvalue weighted by molar-refractivity contribution is 7.92. The number of fused-ring (bicyclic) bond motifs is 1. The molecule has 0 spiro atoms. The van der Waals surface area contributed by atoms with E-state index in [1.165, 1.54) is 24.3 Å². The van der Waals surface area contributed by atoms with Crippen molar-refractivity contribution < 1.29 is 22.9 Å². The smallest absolute Gasteiger partial charge is 0.269 e. The van der Waals surface area contributed by atoms with Crippen LogP contribution in [0, 0.1) is 17.0 Å². The fraction of sp³-hybridized carbons (Fsp3) is 0.139. The van der Waals surface area contributed by atoms with E-state index < -0.39 is 27.0 Å². The molecule has 5 aromatic rings. The van der Waals surface area contributed by atoms with Crippen molar-refractivity contribution in [2.75, 3.05) is 21.1 Å². The van der Waals surface area contributed by atoms with Crippen molar-refractivity contribution in [1.29, 1.82) is 0 Å². The maximum absolute atomic E-state index is 14.6. The maximum atomic E-state index is 14.6. The zero-order chi connectivity index (χ0) is 33.1. The average Bonchev–Trinajstić information content (AvgIpc) is 3.07. The number of nitro groups is 1. The van der Waals surface area contributed by atoms with Gasteiger partial charge >= 0.3 is 0 Å². The lowest BCUT2D eigenvalue weighted by atomic mass is 9.98. The molecule has 238 valence electrons. The predicted octanol–water partition coefficient (Wildman–Crippen LogP) is 7.47. The minimum absolute atomic E-state index is 0.0784. The highest BCUT2D eigenvalue weighted by Gasteiger charge is 2.41. The number of rotatable bonds is 10. The summed E-state index contributed by atoms with van der Waals surface area (Å²) in [6.07, 6.45) is -0.818. The minimum Gasteiger partial charge on any atom is -0.494 e. The Morgan fingerprint density at radius 3 is 2.28 bits per heavy atom. The number of aryl methyl sites for hydroxylation is 1. The molecule has 1 atom stereocenters. The fourth-order valence-corrected chi connectivity index (χ4v) is 6.74. The van der Waals surface area contributed by atoms with Gasteiger partial charge in [-0.2, -0.15) is 0 Å². The topological polar surface area (TPSA) is 122 Å². The van der Waals surface area contributed by atoms with Gasteiger partial charge in [0.15, 0.2) is 0 Å². The number of ether oxygens (including phenoxy) is 1. The minimum atomic E-state index is -4.07. The molecule has 11 heteroatoms. The second-order valence-corrected chi connectivity index (χ2v) is 12.8. The predicted molar refractivity (Wildman–Crippen MR) is 181 cm³/mol. The van der Waals surface area contributed by atoms with Crippen LogP contribution in [0.3, 0.4) is 0 Å². The van der Waals surface area contributed by atoms with E-state index in [0.29, 0.717) is 41.5 Å². The molecule has 0 saturated heterocycles. The van der Waals surface area contributed by atoms with E-state index in [1.807, 2.05) is 49.1 Å². The van der Waals surface area contributed by atoms with E-state index in [-0.39, 0.29) is 16.1 Å². The quantitative estimate of drug-likeness (QED) is 0.123. The van der Waals surface area contributed by atoms with Crippen molar-refractivity contribution in [2.45, 2.75) is 31.5 Å². The van der Waals surface area contributed by atoms with E-state index in [4.69, 9.17) is 4.74 Å².